The Bertz CT molecular complexity index is 762. The lowest BCUT2D eigenvalue weighted by Crippen LogP contribution is -2.43. The molecule has 6 heteroatoms. The van der Waals surface area contributed by atoms with Crippen LogP contribution < -0.4 is 0 Å². The summed E-state index contributed by atoms with van der Waals surface area (Å²) in [5, 5.41) is 9.34. The number of benzene rings is 1. The van der Waals surface area contributed by atoms with Gasteiger partial charge >= 0.3 is 0 Å². The highest BCUT2D eigenvalue weighted by molar-refractivity contribution is 5.93. The summed E-state index contributed by atoms with van der Waals surface area (Å²) in [6, 6.07) is 12.8. The molecule has 1 aromatic heterocycles. The molecule has 6 nitrogen and oxygen atoms in total. The average molecular weight is 353 g/mol. The number of aromatic hydroxyl groups is 1. The van der Waals surface area contributed by atoms with Crippen LogP contribution in [0.5, 0.6) is 5.75 Å². The maximum absolute atomic E-state index is 12.7. The van der Waals surface area contributed by atoms with Crippen molar-refractivity contribution in [1.29, 1.82) is 0 Å². The second-order valence-corrected chi connectivity index (χ2v) is 6.47. The minimum Gasteiger partial charge on any atom is -0.506 e. The second-order valence-electron chi connectivity index (χ2n) is 6.47. The minimum atomic E-state index is -0.210. The van der Waals surface area contributed by atoms with Gasteiger partial charge in [0.1, 0.15) is 11.4 Å². The summed E-state index contributed by atoms with van der Waals surface area (Å²) in [5.41, 5.74) is 1.36. The van der Waals surface area contributed by atoms with E-state index >= 15 is 0 Å². The van der Waals surface area contributed by atoms with E-state index in [1.807, 2.05) is 42.2 Å². The van der Waals surface area contributed by atoms with Crippen LogP contribution in [0.3, 0.4) is 0 Å². The van der Waals surface area contributed by atoms with Crippen molar-refractivity contribution in [2.75, 3.05) is 13.1 Å². The van der Waals surface area contributed by atoms with E-state index in [1.165, 1.54) is 18.3 Å². The lowest BCUT2D eigenvalue weighted by molar-refractivity contribution is -0.133. The first-order valence-electron chi connectivity index (χ1n) is 8.86. The van der Waals surface area contributed by atoms with E-state index in [9.17, 15) is 14.7 Å². The number of carbonyl (C=O) groups excluding carboxylic acids is 2. The molecule has 2 aromatic rings. The molecule has 0 saturated carbocycles. The van der Waals surface area contributed by atoms with Crippen LogP contribution in [0, 0.1) is 0 Å². The fraction of sp³-hybridized carbons (Fsp3) is 0.350. The first kappa shape index (κ1) is 17.9. The van der Waals surface area contributed by atoms with Gasteiger partial charge in [-0.1, -0.05) is 37.3 Å². The van der Waals surface area contributed by atoms with Gasteiger partial charge in [-0.25, -0.2) is 4.98 Å². The molecule has 1 saturated heterocycles. The van der Waals surface area contributed by atoms with Crippen LogP contribution in [0.1, 0.15) is 35.8 Å². The molecule has 0 bridgehead atoms. The molecule has 1 aliphatic rings. The molecule has 0 aliphatic carbocycles. The van der Waals surface area contributed by atoms with Crippen LogP contribution >= 0.6 is 0 Å². The minimum absolute atomic E-state index is 0.0214. The van der Waals surface area contributed by atoms with Gasteiger partial charge in [0.05, 0.1) is 6.20 Å². The molecule has 1 aliphatic heterocycles. The number of amides is 2. The van der Waals surface area contributed by atoms with E-state index < -0.39 is 0 Å². The highest BCUT2D eigenvalue weighted by Gasteiger charge is 2.31. The van der Waals surface area contributed by atoms with E-state index in [1.54, 1.807) is 4.90 Å². The van der Waals surface area contributed by atoms with E-state index in [0.717, 1.165) is 12.0 Å². The van der Waals surface area contributed by atoms with Crippen molar-refractivity contribution in [3.63, 3.8) is 0 Å². The van der Waals surface area contributed by atoms with Crippen LogP contribution in [0.15, 0.2) is 48.7 Å². The monoisotopic (exact) mass is 353 g/mol. The lowest BCUT2D eigenvalue weighted by Gasteiger charge is -2.31. The number of carbonyl (C=O) groups is 2. The summed E-state index contributed by atoms with van der Waals surface area (Å²) in [4.78, 5) is 33.0. The Morgan fingerprint density at radius 2 is 2.00 bits per heavy atom. The smallest absolute Gasteiger partial charge is 0.272 e. The van der Waals surface area contributed by atoms with Gasteiger partial charge in [-0.05, 0) is 24.1 Å². The standard InChI is InChI=1S/C20H23N3O3/c1-2-16-14-22(20(26)18-9-8-17(24)12-21-18)11-10-19(25)23(16)13-15-6-4-3-5-7-15/h3-9,12,16,24H,2,10-11,13-14H2,1H3/t16-/m1/s1. The Hall–Kier alpha value is -2.89. The zero-order valence-corrected chi connectivity index (χ0v) is 14.8. The maximum Gasteiger partial charge on any atom is 0.272 e. The fourth-order valence-corrected chi connectivity index (χ4v) is 3.23. The molecule has 1 atom stereocenters. The van der Waals surface area contributed by atoms with E-state index in [4.69, 9.17) is 0 Å². The summed E-state index contributed by atoms with van der Waals surface area (Å²) in [5.74, 6) is -0.124. The topological polar surface area (TPSA) is 73.7 Å². The summed E-state index contributed by atoms with van der Waals surface area (Å²) < 4.78 is 0. The zero-order chi connectivity index (χ0) is 18.5. The van der Waals surface area contributed by atoms with Crippen LogP contribution in [0.4, 0.5) is 0 Å². The molecule has 0 spiro atoms. The summed E-state index contributed by atoms with van der Waals surface area (Å²) in [6.07, 6.45) is 2.33. The van der Waals surface area contributed by atoms with Crippen molar-refractivity contribution in [2.45, 2.75) is 32.4 Å². The van der Waals surface area contributed by atoms with Crippen molar-refractivity contribution < 1.29 is 14.7 Å². The number of hydrogen-bond acceptors (Lipinski definition) is 4. The fourth-order valence-electron chi connectivity index (χ4n) is 3.23. The average Bonchev–Trinajstić information content (AvgIpc) is 2.82. The molecule has 0 radical (unpaired) electrons. The van der Waals surface area contributed by atoms with Crippen LogP contribution in [0.2, 0.25) is 0 Å². The molecular formula is C20H23N3O3. The molecule has 0 unspecified atom stereocenters. The third-order valence-corrected chi connectivity index (χ3v) is 4.71. The molecule has 136 valence electrons. The molecule has 1 fully saturated rings. The van der Waals surface area contributed by atoms with Gasteiger partial charge < -0.3 is 14.9 Å². The Balaban J connectivity index is 1.77. The van der Waals surface area contributed by atoms with Crippen molar-refractivity contribution in [3.05, 3.63) is 59.9 Å². The Morgan fingerprint density at radius 3 is 2.65 bits per heavy atom. The molecule has 3 rings (SSSR count). The summed E-state index contributed by atoms with van der Waals surface area (Å²) in [6.45, 7) is 3.44. The van der Waals surface area contributed by atoms with Crippen LogP contribution in [0.25, 0.3) is 0 Å². The quantitative estimate of drug-likeness (QED) is 0.916. The molecule has 2 amide bonds. The predicted molar refractivity (Wildman–Crippen MR) is 97.5 cm³/mol. The number of hydrogen-bond donors (Lipinski definition) is 1. The molecule has 1 N–H and O–H groups in total. The summed E-state index contributed by atoms with van der Waals surface area (Å²) in [7, 11) is 0. The van der Waals surface area contributed by atoms with Gasteiger partial charge in [0.25, 0.3) is 5.91 Å². The lowest BCUT2D eigenvalue weighted by atomic mass is 10.1. The van der Waals surface area contributed by atoms with Crippen molar-refractivity contribution in [3.8, 4) is 5.75 Å². The number of nitrogens with zero attached hydrogens (tertiary/aromatic N) is 3. The predicted octanol–water partition coefficient (Wildman–Crippen LogP) is 2.44. The van der Waals surface area contributed by atoms with Gasteiger partial charge in [-0.15, -0.1) is 0 Å². The van der Waals surface area contributed by atoms with Gasteiger partial charge in [-0.2, -0.15) is 0 Å². The second kappa shape index (κ2) is 7.99. The normalized spacial score (nSPS) is 17.9. The Morgan fingerprint density at radius 1 is 1.23 bits per heavy atom. The number of pyridine rings is 1. The van der Waals surface area contributed by atoms with Gasteiger partial charge in [0, 0.05) is 32.1 Å². The van der Waals surface area contributed by atoms with E-state index in [0.29, 0.717) is 26.1 Å². The highest BCUT2D eigenvalue weighted by atomic mass is 16.3. The Labute approximate surface area is 153 Å². The highest BCUT2D eigenvalue weighted by Crippen LogP contribution is 2.19. The van der Waals surface area contributed by atoms with Gasteiger partial charge in [-0.3, -0.25) is 9.59 Å². The maximum atomic E-state index is 12.7. The van der Waals surface area contributed by atoms with Crippen LogP contribution in [-0.4, -0.2) is 50.8 Å². The molecule has 1 aromatic carbocycles. The van der Waals surface area contributed by atoms with Crippen LogP contribution in [-0.2, 0) is 11.3 Å². The van der Waals surface area contributed by atoms with Gasteiger partial charge in [0.15, 0.2) is 0 Å². The third kappa shape index (κ3) is 4.02. The zero-order valence-electron chi connectivity index (χ0n) is 14.8. The SMILES string of the molecule is CC[C@@H]1CN(C(=O)c2ccc(O)cn2)CCC(=O)N1Cc1ccccc1. The van der Waals surface area contributed by atoms with Gasteiger partial charge in [0.2, 0.25) is 5.91 Å². The molecule has 2 heterocycles. The van der Waals surface area contributed by atoms with Crippen molar-refractivity contribution >= 4 is 11.8 Å². The van der Waals surface area contributed by atoms with E-state index in [2.05, 4.69) is 4.98 Å². The molecular weight excluding hydrogens is 330 g/mol. The number of rotatable bonds is 4. The van der Waals surface area contributed by atoms with Crippen molar-refractivity contribution in [1.82, 2.24) is 14.8 Å². The van der Waals surface area contributed by atoms with E-state index in [-0.39, 0.29) is 29.3 Å². The largest absolute Gasteiger partial charge is 0.506 e. The Kier molecular flexibility index (Phi) is 5.51. The third-order valence-electron chi connectivity index (χ3n) is 4.71. The molecule has 26 heavy (non-hydrogen) atoms. The summed E-state index contributed by atoms with van der Waals surface area (Å²) >= 11 is 0. The first-order chi connectivity index (χ1) is 12.6. The first-order valence-corrected chi connectivity index (χ1v) is 8.86. The van der Waals surface area contributed by atoms with Crippen molar-refractivity contribution in [2.24, 2.45) is 0 Å². The number of aromatic nitrogens is 1.